The van der Waals surface area contributed by atoms with Crippen LogP contribution < -0.4 is 10.5 Å². The highest BCUT2D eigenvalue weighted by Crippen LogP contribution is 2.29. The Hall–Kier alpha value is -2.55. The number of fused-ring (bicyclic) bond motifs is 1. The largest absolute Gasteiger partial charge is 0.497 e. The fourth-order valence-electron chi connectivity index (χ4n) is 2.18. The maximum atomic E-state index is 5.93. The summed E-state index contributed by atoms with van der Waals surface area (Å²) in [4.78, 5) is 4.42. The van der Waals surface area contributed by atoms with Crippen LogP contribution >= 0.6 is 0 Å². The number of methoxy groups -OCH3 is 1. The van der Waals surface area contributed by atoms with E-state index in [0.717, 1.165) is 28.1 Å². The highest BCUT2D eigenvalue weighted by Gasteiger charge is 2.16. The van der Waals surface area contributed by atoms with Crippen molar-refractivity contribution >= 4 is 17.6 Å². The Kier molecular flexibility index (Phi) is 2.80. The second kappa shape index (κ2) is 4.61. The number of hydrogen-bond acceptors (Lipinski definition) is 3. The van der Waals surface area contributed by atoms with Gasteiger partial charge < -0.3 is 10.5 Å². The number of hydrogen-bond donors (Lipinski definition) is 1. The SMILES string of the molecule is COc1cccc(/C=C2\N=C(N)c3ccccc32)c1. The molecule has 0 fully saturated rings. The van der Waals surface area contributed by atoms with Gasteiger partial charge in [-0.05, 0) is 23.8 Å². The van der Waals surface area contributed by atoms with E-state index < -0.39 is 0 Å². The molecule has 2 aromatic carbocycles. The van der Waals surface area contributed by atoms with Gasteiger partial charge in [0.1, 0.15) is 11.6 Å². The minimum absolute atomic E-state index is 0.574. The summed E-state index contributed by atoms with van der Waals surface area (Å²) in [5, 5.41) is 0. The molecule has 0 amide bonds. The van der Waals surface area contributed by atoms with Gasteiger partial charge in [0.15, 0.2) is 0 Å². The predicted octanol–water partition coefficient (Wildman–Crippen LogP) is 2.91. The standard InChI is InChI=1S/C16H14N2O/c1-19-12-6-4-5-11(9-12)10-15-13-7-2-3-8-14(13)16(17)18-15/h2-10H,1H3,(H2,17,18)/b15-10-. The number of benzene rings is 2. The summed E-state index contributed by atoms with van der Waals surface area (Å²) in [6, 6.07) is 15.8. The molecule has 3 rings (SSSR count). The molecule has 2 aromatic rings. The van der Waals surface area contributed by atoms with E-state index in [1.165, 1.54) is 0 Å². The number of amidine groups is 1. The summed E-state index contributed by atoms with van der Waals surface area (Å²) in [5.41, 5.74) is 9.93. The van der Waals surface area contributed by atoms with E-state index in [9.17, 15) is 0 Å². The Morgan fingerprint density at radius 1 is 1.05 bits per heavy atom. The fraction of sp³-hybridized carbons (Fsp3) is 0.0625. The van der Waals surface area contributed by atoms with Crippen LogP contribution in [0.3, 0.4) is 0 Å². The molecule has 0 aliphatic carbocycles. The lowest BCUT2D eigenvalue weighted by molar-refractivity contribution is 0.414. The summed E-state index contributed by atoms with van der Waals surface area (Å²) >= 11 is 0. The first-order valence-electron chi connectivity index (χ1n) is 6.07. The Balaban J connectivity index is 2.06. The van der Waals surface area contributed by atoms with Crippen LogP contribution in [0.25, 0.3) is 11.8 Å². The zero-order valence-electron chi connectivity index (χ0n) is 10.6. The van der Waals surface area contributed by atoms with Gasteiger partial charge >= 0.3 is 0 Å². The van der Waals surface area contributed by atoms with Crippen molar-refractivity contribution in [2.24, 2.45) is 10.7 Å². The predicted molar refractivity (Wildman–Crippen MR) is 78.0 cm³/mol. The van der Waals surface area contributed by atoms with Crippen molar-refractivity contribution < 1.29 is 4.74 Å². The van der Waals surface area contributed by atoms with E-state index in [1.54, 1.807) is 7.11 Å². The third-order valence-electron chi connectivity index (χ3n) is 3.12. The van der Waals surface area contributed by atoms with Crippen LogP contribution in [-0.4, -0.2) is 12.9 Å². The molecule has 2 N–H and O–H groups in total. The number of nitrogens with two attached hydrogens (primary N) is 1. The number of nitrogens with zero attached hydrogens (tertiary/aromatic N) is 1. The zero-order valence-corrected chi connectivity index (χ0v) is 10.6. The molecule has 1 aliphatic rings. The van der Waals surface area contributed by atoms with Gasteiger partial charge in [-0.3, -0.25) is 0 Å². The van der Waals surface area contributed by atoms with E-state index >= 15 is 0 Å². The molecule has 1 aliphatic heterocycles. The normalized spacial score (nSPS) is 15.2. The fourth-order valence-corrected chi connectivity index (χ4v) is 2.18. The molecule has 0 spiro atoms. The molecule has 19 heavy (non-hydrogen) atoms. The molecule has 0 bridgehead atoms. The van der Waals surface area contributed by atoms with Crippen molar-refractivity contribution in [1.82, 2.24) is 0 Å². The van der Waals surface area contributed by atoms with E-state index in [2.05, 4.69) is 4.99 Å². The first-order valence-corrected chi connectivity index (χ1v) is 6.07. The molecule has 0 unspecified atom stereocenters. The van der Waals surface area contributed by atoms with Crippen molar-refractivity contribution in [3.63, 3.8) is 0 Å². The zero-order chi connectivity index (χ0) is 13.2. The minimum atomic E-state index is 0.574. The lowest BCUT2D eigenvalue weighted by Gasteiger charge is -2.02. The van der Waals surface area contributed by atoms with Crippen LogP contribution in [0.15, 0.2) is 53.5 Å². The van der Waals surface area contributed by atoms with Gasteiger partial charge in [0.05, 0.1) is 12.8 Å². The summed E-state index contributed by atoms with van der Waals surface area (Å²) in [6.45, 7) is 0. The number of rotatable bonds is 2. The second-order valence-corrected chi connectivity index (χ2v) is 4.35. The van der Waals surface area contributed by atoms with Gasteiger partial charge in [0.25, 0.3) is 0 Å². The van der Waals surface area contributed by atoms with Crippen molar-refractivity contribution in [2.75, 3.05) is 7.11 Å². The molecule has 3 heteroatoms. The lowest BCUT2D eigenvalue weighted by Crippen LogP contribution is -2.09. The topological polar surface area (TPSA) is 47.6 Å². The van der Waals surface area contributed by atoms with Crippen LogP contribution in [0, 0.1) is 0 Å². The first kappa shape index (κ1) is 11.5. The smallest absolute Gasteiger partial charge is 0.132 e. The third kappa shape index (κ3) is 2.10. The summed E-state index contributed by atoms with van der Waals surface area (Å²) in [5.74, 6) is 1.40. The van der Waals surface area contributed by atoms with Crippen LogP contribution in [-0.2, 0) is 0 Å². The van der Waals surface area contributed by atoms with Crippen LogP contribution in [0.5, 0.6) is 5.75 Å². The van der Waals surface area contributed by atoms with Gasteiger partial charge in [-0.15, -0.1) is 0 Å². The van der Waals surface area contributed by atoms with Crippen molar-refractivity contribution in [1.29, 1.82) is 0 Å². The Bertz CT molecular complexity index is 687. The maximum Gasteiger partial charge on any atom is 0.132 e. The molecule has 94 valence electrons. The maximum absolute atomic E-state index is 5.93. The Morgan fingerprint density at radius 2 is 1.84 bits per heavy atom. The second-order valence-electron chi connectivity index (χ2n) is 4.35. The van der Waals surface area contributed by atoms with Gasteiger partial charge in [-0.2, -0.15) is 0 Å². The van der Waals surface area contributed by atoms with E-state index in [1.807, 2.05) is 54.6 Å². The third-order valence-corrected chi connectivity index (χ3v) is 3.12. The number of aliphatic imine (C=N–C) groups is 1. The van der Waals surface area contributed by atoms with E-state index in [4.69, 9.17) is 10.5 Å². The molecule has 0 saturated carbocycles. The van der Waals surface area contributed by atoms with Gasteiger partial charge in [-0.1, -0.05) is 36.4 Å². The Labute approximate surface area is 112 Å². The molecule has 3 nitrogen and oxygen atoms in total. The average Bonchev–Trinajstić information content (AvgIpc) is 2.76. The first-order chi connectivity index (χ1) is 9.28. The van der Waals surface area contributed by atoms with Gasteiger partial charge in [0, 0.05) is 11.1 Å². The molecule has 0 aromatic heterocycles. The van der Waals surface area contributed by atoms with Crippen LogP contribution in [0.1, 0.15) is 16.7 Å². The van der Waals surface area contributed by atoms with Crippen LogP contribution in [0.4, 0.5) is 0 Å². The minimum Gasteiger partial charge on any atom is -0.497 e. The average molecular weight is 250 g/mol. The highest BCUT2D eigenvalue weighted by molar-refractivity contribution is 6.11. The summed E-state index contributed by atoms with van der Waals surface area (Å²) in [7, 11) is 1.66. The molecule has 1 heterocycles. The molecular weight excluding hydrogens is 236 g/mol. The van der Waals surface area contributed by atoms with Gasteiger partial charge in [-0.25, -0.2) is 4.99 Å². The number of ether oxygens (including phenoxy) is 1. The van der Waals surface area contributed by atoms with Crippen molar-refractivity contribution in [2.45, 2.75) is 0 Å². The summed E-state index contributed by atoms with van der Waals surface area (Å²) < 4.78 is 5.22. The summed E-state index contributed by atoms with van der Waals surface area (Å²) in [6.07, 6.45) is 2.02. The van der Waals surface area contributed by atoms with E-state index in [0.29, 0.717) is 5.84 Å². The van der Waals surface area contributed by atoms with Crippen molar-refractivity contribution in [3.8, 4) is 5.75 Å². The molecule has 0 atom stereocenters. The Morgan fingerprint density at radius 3 is 2.63 bits per heavy atom. The van der Waals surface area contributed by atoms with Gasteiger partial charge in [0.2, 0.25) is 0 Å². The van der Waals surface area contributed by atoms with Crippen LogP contribution in [0.2, 0.25) is 0 Å². The molecule has 0 radical (unpaired) electrons. The quantitative estimate of drug-likeness (QED) is 0.890. The highest BCUT2D eigenvalue weighted by atomic mass is 16.5. The lowest BCUT2D eigenvalue weighted by atomic mass is 10.1. The monoisotopic (exact) mass is 250 g/mol. The molecule has 0 saturated heterocycles. The van der Waals surface area contributed by atoms with Crippen molar-refractivity contribution in [3.05, 3.63) is 65.2 Å². The molecular formula is C16H14N2O. The van der Waals surface area contributed by atoms with E-state index in [-0.39, 0.29) is 0 Å².